The molecule has 0 radical (unpaired) electrons. The lowest BCUT2D eigenvalue weighted by Crippen LogP contribution is -2.04. The van der Waals surface area contributed by atoms with Gasteiger partial charge in [-0.3, -0.25) is 0 Å². The standard InChI is InChI=1S/C15H16ClNS/c1-10-3-6-13(7-4-10)18-15-8-5-12(11(2)17)9-14(15)16/h3-9,11H,17H2,1-2H3/t11-/m1/s1. The van der Waals surface area contributed by atoms with Gasteiger partial charge in [0.25, 0.3) is 0 Å². The SMILES string of the molecule is Cc1ccc(Sc2ccc([C@@H](C)N)cc2Cl)cc1. The lowest BCUT2D eigenvalue weighted by Gasteiger charge is -2.09. The molecule has 0 aromatic heterocycles. The van der Waals surface area contributed by atoms with Gasteiger partial charge in [-0.1, -0.05) is 47.1 Å². The highest BCUT2D eigenvalue weighted by molar-refractivity contribution is 7.99. The quantitative estimate of drug-likeness (QED) is 0.870. The summed E-state index contributed by atoms with van der Waals surface area (Å²) in [5.74, 6) is 0. The van der Waals surface area contributed by atoms with Crippen molar-refractivity contribution >= 4 is 23.4 Å². The van der Waals surface area contributed by atoms with Crippen molar-refractivity contribution in [3.63, 3.8) is 0 Å². The van der Waals surface area contributed by atoms with Gasteiger partial charge in [-0.25, -0.2) is 0 Å². The van der Waals surface area contributed by atoms with Crippen LogP contribution in [0.4, 0.5) is 0 Å². The predicted molar refractivity (Wildman–Crippen MR) is 79.4 cm³/mol. The number of benzene rings is 2. The first-order chi connectivity index (χ1) is 8.56. The third-order valence-corrected chi connectivity index (χ3v) is 4.24. The normalized spacial score (nSPS) is 12.4. The van der Waals surface area contributed by atoms with Crippen molar-refractivity contribution in [2.24, 2.45) is 5.73 Å². The van der Waals surface area contributed by atoms with E-state index < -0.39 is 0 Å². The Morgan fingerprint density at radius 2 is 1.78 bits per heavy atom. The summed E-state index contributed by atoms with van der Waals surface area (Å²) in [6.07, 6.45) is 0. The Hall–Kier alpha value is -0.960. The van der Waals surface area contributed by atoms with Crippen LogP contribution in [0.15, 0.2) is 52.3 Å². The second-order valence-corrected chi connectivity index (χ2v) is 5.92. The largest absolute Gasteiger partial charge is 0.324 e. The summed E-state index contributed by atoms with van der Waals surface area (Å²) in [4.78, 5) is 2.25. The first kappa shape index (κ1) is 13.5. The van der Waals surface area contributed by atoms with Crippen LogP contribution >= 0.6 is 23.4 Å². The molecule has 2 aromatic rings. The Bertz CT molecular complexity index is 535. The minimum absolute atomic E-state index is 0.0147. The van der Waals surface area contributed by atoms with E-state index in [1.165, 1.54) is 10.5 Å². The summed E-state index contributed by atoms with van der Waals surface area (Å²) >= 11 is 7.95. The minimum atomic E-state index is 0.0147. The Labute approximate surface area is 117 Å². The van der Waals surface area contributed by atoms with Crippen LogP contribution in [0.5, 0.6) is 0 Å². The molecule has 3 heteroatoms. The van der Waals surface area contributed by atoms with Crippen LogP contribution in [0.2, 0.25) is 5.02 Å². The van der Waals surface area contributed by atoms with Gasteiger partial charge in [0.15, 0.2) is 0 Å². The monoisotopic (exact) mass is 277 g/mol. The summed E-state index contributed by atoms with van der Waals surface area (Å²) in [5.41, 5.74) is 8.16. The molecule has 0 unspecified atom stereocenters. The van der Waals surface area contributed by atoms with E-state index in [9.17, 15) is 0 Å². The zero-order valence-corrected chi connectivity index (χ0v) is 12.1. The molecule has 0 fully saturated rings. The van der Waals surface area contributed by atoms with Crippen molar-refractivity contribution in [1.82, 2.24) is 0 Å². The van der Waals surface area contributed by atoms with E-state index in [1.807, 2.05) is 25.1 Å². The van der Waals surface area contributed by atoms with Crippen molar-refractivity contribution in [2.75, 3.05) is 0 Å². The van der Waals surface area contributed by atoms with Crippen LogP contribution in [-0.4, -0.2) is 0 Å². The highest BCUT2D eigenvalue weighted by atomic mass is 35.5. The van der Waals surface area contributed by atoms with Crippen LogP contribution in [0.25, 0.3) is 0 Å². The first-order valence-corrected chi connectivity index (χ1v) is 7.05. The zero-order valence-electron chi connectivity index (χ0n) is 10.5. The number of nitrogens with two attached hydrogens (primary N) is 1. The van der Waals surface area contributed by atoms with Gasteiger partial charge in [0.2, 0.25) is 0 Å². The Kier molecular flexibility index (Phi) is 4.33. The molecule has 0 saturated carbocycles. The molecule has 0 heterocycles. The fraction of sp³-hybridized carbons (Fsp3) is 0.200. The lowest BCUT2D eigenvalue weighted by molar-refractivity contribution is 0.817. The van der Waals surface area contributed by atoms with Crippen LogP contribution in [0.3, 0.4) is 0 Å². The maximum Gasteiger partial charge on any atom is 0.0548 e. The van der Waals surface area contributed by atoms with Gasteiger partial charge in [0, 0.05) is 15.8 Å². The maximum absolute atomic E-state index is 6.28. The molecule has 1 atom stereocenters. The fourth-order valence-electron chi connectivity index (χ4n) is 1.62. The number of hydrogen-bond donors (Lipinski definition) is 1. The van der Waals surface area contributed by atoms with Gasteiger partial charge in [-0.15, -0.1) is 0 Å². The average molecular weight is 278 g/mol. The molecule has 0 aliphatic heterocycles. The number of hydrogen-bond acceptors (Lipinski definition) is 2. The molecule has 0 aliphatic carbocycles. The molecule has 2 N–H and O–H groups in total. The van der Waals surface area contributed by atoms with Crippen LogP contribution in [0, 0.1) is 6.92 Å². The molecule has 0 amide bonds. The zero-order chi connectivity index (χ0) is 13.1. The summed E-state index contributed by atoms with van der Waals surface area (Å²) < 4.78 is 0. The van der Waals surface area contributed by atoms with Crippen LogP contribution in [0.1, 0.15) is 24.1 Å². The van der Waals surface area contributed by atoms with E-state index in [1.54, 1.807) is 11.8 Å². The van der Waals surface area contributed by atoms with Gasteiger partial charge in [0.05, 0.1) is 5.02 Å². The summed E-state index contributed by atoms with van der Waals surface area (Å²) in [7, 11) is 0. The summed E-state index contributed by atoms with van der Waals surface area (Å²) in [6, 6.07) is 14.5. The first-order valence-electron chi connectivity index (χ1n) is 5.86. The third-order valence-electron chi connectivity index (χ3n) is 2.73. The fourth-order valence-corrected chi connectivity index (χ4v) is 2.74. The van der Waals surface area contributed by atoms with Crippen molar-refractivity contribution in [3.05, 3.63) is 58.6 Å². The smallest absolute Gasteiger partial charge is 0.0548 e. The van der Waals surface area contributed by atoms with E-state index in [4.69, 9.17) is 17.3 Å². The van der Waals surface area contributed by atoms with E-state index in [2.05, 4.69) is 31.2 Å². The topological polar surface area (TPSA) is 26.0 Å². The average Bonchev–Trinajstić information content (AvgIpc) is 2.34. The van der Waals surface area contributed by atoms with E-state index in [0.29, 0.717) is 0 Å². The molecule has 0 aliphatic rings. The number of halogens is 1. The summed E-state index contributed by atoms with van der Waals surface area (Å²) in [6.45, 7) is 4.04. The van der Waals surface area contributed by atoms with Gasteiger partial charge >= 0.3 is 0 Å². The van der Waals surface area contributed by atoms with Crippen molar-refractivity contribution < 1.29 is 0 Å². The summed E-state index contributed by atoms with van der Waals surface area (Å²) in [5, 5.41) is 0.760. The van der Waals surface area contributed by atoms with Gasteiger partial charge in [-0.2, -0.15) is 0 Å². The second-order valence-electron chi connectivity index (χ2n) is 4.39. The van der Waals surface area contributed by atoms with Crippen molar-refractivity contribution in [2.45, 2.75) is 29.7 Å². The molecule has 0 bridgehead atoms. The van der Waals surface area contributed by atoms with E-state index >= 15 is 0 Å². The molecule has 2 aromatic carbocycles. The predicted octanol–water partition coefficient (Wildman–Crippen LogP) is 4.82. The van der Waals surface area contributed by atoms with Gasteiger partial charge in [0.1, 0.15) is 0 Å². The molecule has 1 nitrogen and oxygen atoms in total. The Balaban J connectivity index is 2.22. The number of aryl methyl sites for hydroxylation is 1. The van der Waals surface area contributed by atoms with Crippen molar-refractivity contribution in [3.8, 4) is 0 Å². The van der Waals surface area contributed by atoms with Gasteiger partial charge in [-0.05, 0) is 43.7 Å². The van der Waals surface area contributed by atoms with Crippen LogP contribution < -0.4 is 5.73 Å². The number of rotatable bonds is 3. The van der Waals surface area contributed by atoms with Gasteiger partial charge < -0.3 is 5.73 Å². The van der Waals surface area contributed by atoms with E-state index in [-0.39, 0.29) is 6.04 Å². The second kappa shape index (κ2) is 5.79. The molecule has 2 rings (SSSR count). The molecule has 0 saturated heterocycles. The Morgan fingerprint density at radius 3 is 2.33 bits per heavy atom. The molecular weight excluding hydrogens is 262 g/mol. The minimum Gasteiger partial charge on any atom is -0.324 e. The van der Waals surface area contributed by atoms with Crippen LogP contribution in [-0.2, 0) is 0 Å². The third kappa shape index (κ3) is 3.29. The maximum atomic E-state index is 6.28. The molecule has 0 spiro atoms. The highest BCUT2D eigenvalue weighted by Gasteiger charge is 2.06. The van der Waals surface area contributed by atoms with Crippen molar-refractivity contribution in [1.29, 1.82) is 0 Å². The highest BCUT2D eigenvalue weighted by Crippen LogP contribution is 2.34. The lowest BCUT2D eigenvalue weighted by atomic mass is 10.1. The molecule has 18 heavy (non-hydrogen) atoms. The Morgan fingerprint density at radius 1 is 1.11 bits per heavy atom. The van der Waals surface area contributed by atoms with E-state index in [0.717, 1.165) is 15.5 Å². The molecule has 94 valence electrons. The molecular formula is C15H16ClNS.